The first-order valence-electron chi connectivity index (χ1n) is 5.92. The highest BCUT2D eigenvalue weighted by atomic mass is 35.5. The van der Waals surface area contributed by atoms with E-state index in [1.165, 1.54) is 6.33 Å². The summed E-state index contributed by atoms with van der Waals surface area (Å²) >= 11 is 18.0. The molecule has 3 N–H and O–H groups in total. The van der Waals surface area contributed by atoms with Crippen molar-refractivity contribution in [3.63, 3.8) is 0 Å². The Balaban J connectivity index is 2.45. The highest BCUT2D eigenvalue weighted by Crippen LogP contribution is 2.35. The topological polar surface area (TPSA) is 63.8 Å². The van der Waals surface area contributed by atoms with Gasteiger partial charge in [0.2, 0.25) is 0 Å². The number of nitrogen functional groups attached to an aromatic ring is 1. The molecule has 1 aromatic carbocycles. The second kappa shape index (κ2) is 6.04. The van der Waals surface area contributed by atoms with Crippen molar-refractivity contribution in [1.29, 1.82) is 0 Å². The Hall–Kier alpha value is -1.23. The van der Waals surface area contributed by atoms with Crippen LogP contribution in [0.15, 0.2) is 18.5 Å². The Labute approximate surface area is 132 Å². The van der Waals surface area contributed by atoms with Gasteiger partial charge in [0.05, 0.1) is 20.8 Å². The number of nitrogens with one attached hydrogen (secondary N) is 1. The van der Waals surface area contributed by atoms with Gasteiger partial charge >= 0.3 is 0 Å². The maximum atomic E-state index is 6.14. The van der Waals surface area contributed by atoms with Gasteiger partial charge in [-0.2, -0.15) is 0 Å². The quantitative estimate of drug-likeness (QED) is 0.786. The van der Waals surface area contributed by atoms with Crippen molar-refractivity contribution in [3.8, 4) is 0 Å². The van der Waals surface area contributed by atoms with Crippen LogP contribution in [0.1, 0.15) is 25.3 Å². The van der Waals surface area contributed by atoms with E-state index in [0.29, 0.717) is 32.4 Å². The molecule has 0 spiro atoms. The third-order valence-electron chi connectivity index (χ3n) is 2.76. The summed E-state index contributed by atoms with van der Waals surface area (Å²) in [5.74, 6) is 1.21. The van der Waals surface area contributed by atoms with E-state index in [0.717, 1.165) is 5.56 Å². The maximum absolute atomic E-state index is 6.14. The normalized spacial score (nSPS) is 10.9. The van der Waals surface area contributed by atoms with Gasteiger partial charge in [0.15, 0.2) is 0 Å². The molecule has 0 fully saturated rings. The van der Waals surface area contributed by atoms with E-state index in [1.807, 2.05) is 13.8 Å². The molecule has 4 nitrogen and oxygen atoms in total. The van der Waals surface area contributed by atoms with Crippen LogP contribution in [0.25, 0.3) is 0 Å². The van der Waals surface area contributed by atoms with Crippen molar-refractivity contribution < 1.29 is 0 Å². The first-order valence-corrected chi connectivity index (χ1v) is 7.05. The van der Waals surface area contributed by atoms with Gasteiger partial charge in [-0.3, -0.25) is 0 Å². The number of hydrogen-bond donors (Lipinski definition) is 2. The van der Waals surface area contributed by atoms with Crippen LogP contribution in [0.2, 0.25) is 15.1 Å². The lowest BCUT2D eigenvalue weighted by Gasteiger charge is -2.16. The Bertz CT molecular complexity index is 644. The molecule has 0 aliphatic rings. The largest absolute Gasteiger partial charge is 0.383 e. The maximum Gasteiger partial charge on any atom is 0.139 e. The predicted molar refractivity (Wildman–Crippen MR) is 85.3 cm³/mol. The number of rotatable bonds is 3. The Morgan fingerprint density at radius 3 is 2.35 bits per heavy atom. The Morgan fingerprint density at radius 1 is 1.05 bits per heavy atom. The van der Waals surface area contributed by atoms with E-state index in [9.17, 15) is 0 Å². The summed E-state index contributed by atoms with van der Waals surface area (Å²) in [5, 5.41) is 4.38. The molecule has 2 rings (SSSR count). The third-order valence-corrected chi connectivity index (χ3v) is 3.79. The molecular weight excluding hydrogens is 319 g/mol. The van der Waals surface area contributed by atoms with Crippen LogP contribution in [0.3, 0.4) is 0 Å². The Morgan fingerprint density at radius 2 is 1.70 bits per heavy atom. The number of halogens is 3. The second-order valence-electron chi connectivity index (χ2n) is 4.55. The van der Waals surface area contributed by atoms with Gasteiger partial charge in [0.1, 0.15) is 18.0 Å². The molecule has 7 heteroatoms. The Kier molecular flexibility index (Phi) is 4.58. The summed E-state index contributed by atoms with van der Waals surface area (Å²) in [6.07, 6.45) is 1.40. The fourth-order valence-corrected chi connectivity index (χ4v) is 2.42. The number of nitrogens with two attached hydrogens (primary N) is 1. The van der Waals surface area contributed by atoms with E-state index in [4.69, 9.17) is 40.5 Å². The van der Waals surface area contributed by atoms with Crippen molar-refractivity contribution in [1.82, 2.24) is 9.97 Å². The standard InChI is InChI=1S/C13H13Cl3N4/c1-6(2)11-12(17)18-5-19-13(11)20-10-4-8(15)7(14)3-9(10)16/h3-6H,1-2H3,(H3,17,18,19,20). The van der Waals surface area contributed by atoms with Crippen molar-refractivity contribution in [2.24, 2.45) is 0 Å². The molecule has 0 radical (unpaired) electrons. The monoisotopic (exact) mass is 330 g/mol. The van der Waals surface area contributed by atoms with Crippen molar-refractivity contribution in [2.75, 3.05) is 11.1 Å². The molecule has 106 valence electrons. The van der Waals surface area contributed by atoms with E-state index < -0.39 is 0 Å². The van der Waals surface area contributed by atoms with Crippen LogP contribution in [-0.2, 0) is 0 Å². The number of nitrogens with zero attached hydrogens (tertiary/aromatic N) is 2. The molecule has 0 atom stereocenters. The summed E-state index contributed by atoms with van der Waals surface area (Å²) in [7, 11) is 0. The highest BCUT2D eigenvalue weighted by molar-refractivity contribution is 6.44. The molecule has 0 aliphatic carbocycles. The molecule has 0 unspecified atom stereocenters. The number of aromatic nitrogens is 2. The van der Waals surface area contributed by atoms with Gasteiger partial charge < -0.3 is 11.1 Å². The van der Waals surface area contributed by atoms with Crippen LogP contribution in [-0.4, -0.2) is 9.97 Å². The fourth-order valence-electron chi connectivity index (χ4n) is 1.82. The molecule has 20 heavy (non-hydrogen) atoms. The molecule has 0 saturated heterocycles. The zero-order chi connectivity index (χ0) is 14.9. The minimum absolute atomic E-state index is 0.167. The first-order chi connectivity index (χ1) is 9.40. The molecule has 1 aromatic heterocycles. The lowest BCUT2D eigenvalue weighted by Crippen LogP contribution is -2.06. The van der Waals surface area contributed by atoms with Gasteiger partial charge in [-0.15, -0.1) is 0 Å². The van der Waals surface area contributed by atoms with Gasteiger partial charge in [-0.1, -0.05) is 48.7 Å². The van der Waals surface area contributed by atoms with Gasteiger partial charge in [0, 0.05) is 5.56 Å². The van der Waals surface area contributed by atoms with E-state index in [1.54, 1.807) is 12.1 Å². The van der Waals surface area contributed by atoms with Gasteiger partial charge in [-0.05, 0) is 18.1 Å². The average molecular weight is 332 g/mol. The van der Waals surface area contributed by atoms with Crippen LogP contribution >= 0.6 is 34.8 Å². The minimum Gasteiger partial charge on any atom is -0.383 e. The van der Waals surface area contributed by atoms with Gasteiger partial charge in [-0.25, -0.2) is 9.97 Å². The smallest absolute Gasteiger partial charge is 0.139 e. The molecule has 0 amide bonds. The number of benzene rings is 1. The van der Waals surface area contributed by atoms with Crippen molar-refractivity contribution >= 4 is 52.1 Å². The van der Waals surface area contributed by atoms with Crippen LogP contribution in [0.4, 0.5) is 17.3 Å². The van der Waals surface area contributed by atoms with E-state index in [2.05, 4.69) is 15.3 Å². The molecule has 2 aromatic rings. The fraction of sp³-hybridized carbons (Fsp3) is 0.231. The highest BCUT2D eigenvalue weighted by Gasteiger charge is 2.15. The summed E-state index contributed by atoms with van der Waals surface area (Å²) in [6, 6.07) is 3.22. The van der Waals surface area contributed by atoms with Crippen molar-refractivity contribution in [2.45, 2.75) is 19.8 Å². The number of anilines is 3. The zero-order valence-electron chi connectivity index (χ0n) is 10.9. The predicted octanol–water partition coefficient (Wildman–Crippen LogP) is 4.89. The molecule has 0 bridgehead atoms. The molecule has 0 aliphatic heterocycles. The molecule has 0 saturated carbocycles. The van der Waals surface area contributed by atoms with Crippen molar-refractivity contribution in [3.05, 3.63) is 39.1 Å². The summed E-state index contributed by atoms with van der Waals surface area (Å²) < 4.78 is 0. The molecule has 1 heterocycles. The van der Waals surface area contributed by atoms with Crippen LogP contribution in [0, 0.1) is 0 Å². The zero-order valence-corrected chi connectivity index (χ0v) is 13.2. The lowest BCUT2D eigenvalue weighted by molar-refractivity contribution is 0.855. The number of hydrogen-bond acceptors (Lipinski definition) is 4. The minimum atomic E-state index is 0.167. The van der Waals surface area contributed by atoms with E-state index >= 15 is 0 Å². The molecular formula is C13H13Cl3N4. The van der Waals surface area contributed by atoms with Crippen LogP contribution < -0.4 is 11.1 Å². The summed E-state index contributed by atoms with van der Waals surface area (Å²) in [4.78, 5) is 8.22. The lowest BCUT2D eigenvalue weighted by atomic mass is 10.0. The third kappa shape index (κ3) is 3.08. The second-order valence-corrected chi connectivity index (χ2v) is 5.77. The summed E-state index contributed by atoms with van der Waals surface area (Å²) in [6.45, 7) is 4.02. The average Bonchev–Trinajstić information content (AvgIpc) is 2.35. The van der Waals surface area contributed by atoms with E-state index in [-0.39, 0.29) is 5.92 Å². The summed E-state index contributed by atoms with van der Waals surface area (Å²) in [5.41, 5.74) is 7.34. The van der Waals surface area contributed by atoms with Crippen LogP contribution in [0.5, 0.6) is 0 Å². The first kappa shape index (κ1) is 15.2. The van der Waals surface area contributed by atoms with Gasteiger partial charge in [0.25, 0.3) is 0 Å². The SMILES string of the molecule is CC(C)c1c(N)ncnc1Nc1cc(Cl)c(Cl)cc1Cl.